The van der Waals surface area contributed by atoms with Crippen molar-refractivity contribution in [1.82, 2.24) is 0 Å². The van der Waals surface area contributed by atoms with Crippen LogP contribution in [0, 0.1) is 20.7 Å². The van der Waals surface area contributed by atoms with E-state index in [9.17, 15) is 4.11 Å². The molecule has 0 saturated carbocycles. The highest BCUT2D eigenvalue weighted by atomic mass is 15.2. The maximum atomic E-state index is 9.23. The average molecular weight is 858 g/mol. The van der Waals surface area contributed by atoms with E-state index in [-0.39, 0.29) is 39.2 Å². The third kappa shape index (κ3) is 6.18. The summed E-state index contributed by atoms with van der Waals surface area (Å²) >= 11 is 0. The molecule has 0 bridgehead atoms. The van der Waals surface area contributed by atoms with Gasteiger partial charge in [0.15, 0.2) is 0 Å². The van der Waals surface area contributed by atoms with Crippen molar-refractivity contribution >= 4 is 57.2 Å². The number of hydrogen-bond donors (Lipinski definition) is 0. The number of anilines is 6. The Morgan fingerprint density at radius 2 is 0.846 bits per heavy atom. The molecule has 6 aromatic rings. The van der Waals surface area contributed by atoms with E-state index in [1.165, 1.54) is 60.9 Å². The van der Waals surface area contributed by atoms with Gasteiger partial charge in [-0.25, -0.2) is 0 Å². The molecule has 3 aliphatic carbocycles. The van der Waals surface area contributed by atoms with Crippen molar-refractivity contribution in [2.45, 2.75) is 168 Å². The minimum atomic E-state index is -2.36. The molecule has 0 fully saturated rings. The maximum absolute atomic E-state index is 9.23. The Morgan fingerprint density at radius 1 is 0.415 bits per heavy atom. The highest BCUT2D eigenvalue weighted by molar-refractivity contribution is 7.00. The number of aryl methyl sites for hydroxylation is 3. The first-order chi connectivity index (χ1) is 31.6. The van der Waals surface area contributed by atoms with Crippen LogP contribution in [0.25, 0.3) is 11.1 Å². The first kappa shape index (κ1) is 39.2. The van der Waals surface area contributed by atoms with Crippen LogP contribution in [-0.2, 0) is 32.5 Å². The molecule has 2 nitrogen and oxygen atoms in total. The lowest BCUT2D eigenvalue weighted by atomic mass is 9.33. The third-order valence-corrected chi connectivity index (χ3v) is 17.5. The fraction of sp³-hybridized carbons (Fsp3) is 0.419. The highest BCUT2D eigenvalue weighted by Crippen LogP contribution is 2.56. The van der Waals surface area contributed by atoms with Crippen molar-refractivity contribution in [3.63, 3.8) is 0 Å². The van der Waals surface area contributed by atoms with Gasteiger partial charge < -0.3 is 9.80 Å². The molecule has 332 valence electrons. The van der Waals surface area contributed by atoms with Crippen molar-refractivity contribution in [3.05, 3.63) is 147 Å². The molecule has 2 aliphatic heterocycles. The summed E-state index contributed by atoms with van der Waals surface area (Å²) in [6, 6.07) is 37.0. The second-order valence-electron chi connectivity index (χ2n) is 25.0. The highest BCUT2D eigenvalue weighted by Gasteiger charge is 2.49. The smallest absolute Gasteiger partial charge is 0.252 e. The van der Waals surface area contributed by atoms with Crippen LogP contribution in [-0.4, -0.2) is 6.71 Å². The van der Waals surface area contributed by atoms with E-state index in [1.807, 2.05) is 12.1 Å². The van der Waals surface area contributed by atoms with Crippen LogP contribution in [0.1, 0.15) is 169 Å². The maximum Gasteiger partial charge on any atom is 0.252 e. The topological polar surface area (TPSA) is 6.48 Å². The van der Waals surface area contributed by atoms with Gasteiger partial charge in [-0.2, -0.15) is 0 Å². The second kappa shape index (κ2) is 13.5. The van der Waals surface area contributed by atoms with Crippen LogP contribution >= 0.6 is 0 Å². The van der Waals surface area contributed by atoms with Crippen LogP contribution in [0.3, 0.4) is 0 Å². The number of rotatable bonds is 3. The molecule has 0 N–H and O–H groups in total. The minimum absolute atomic E-state index is 0.0170. The van der Waals surface area contributed by atoms with Crippen LogP contribution in [0.5, 0.6) is 0 Å². The zero-order chi connectivity index (χ0) is 48.6. The monoisotopic (exact) mass is 858 g/mol. The fourth-order valence-electron chi connectivity index (χ4n) is 13.7. The molecule has 0 amide bonds. The molecule has 6 aromatic carbocycles. The fourth-order valence-corrected chi connectivity index (χ4v) is 13.7. The zero-order valence-electron chi connectivity index (χ0n) is 44.7. The van der Waals surface area contributed by atoms with Crippen molar-refractivity contribution in [2.24, 2.45) is 0 Å². The molecule has 0 unspecified atom stereocenters. The van der Waals surface area contributed by atoms with E-state index in [1.54, 1.807) is 0 Å². The lowest BCUT2D eigenvalue weighted by molar-refractivity contribution is 0.332. The first-order valence-electron chi connectivity index (χ1n) is 26.1. The quantitative estimate of drug-likeness (QED) is 0.163. The Morgan fingerprint density at radius 3 is 1.34 bits per heavy atom. The van der Waals surface area contributed by atoms with Gasteiger partial charge >= 0.3 is 0 Å². The van der Waals surface area contributed by atoms with Crippen LogP contribution in [0.15, 0.2) is 97.1 Å². The number of hydrogen-bond acceptors (Lipinski definition) is 2. The number of benzene rings is 6. The van der Waals surface area contributed by atoms with Gasteiger partial charge in [0.25, 0.3) is 6.71 Å². The standard InChI is InChI=1S/C62H71BN2/c1-37-27-54-56-55(28-37)65(51-34-46-43(30-39(51)3)58(6,7)24-26-60(46,10)11)53-35-47-44(61(12,13)36-62(47,14)15)32-49(53)63(56)48-22-21-41(40-19-17-16-18-20-40)31-52(48)64(54)50-33-45-42(29-38(50)2)57(4,5)23-25-59(45,8)9/h16-22,27-35H,23-26,36H2,1-15H3/i1D3. The average Bonchev–Trinajstić information content (AvgIpc) is 3.44. The molecule has 0 aromatic heterocycles. The molecule has 11 rings (SSSR count). The van der Waals surface area contributed by atoms with E-state index in [0.29, 0.717) is 5.56 Å². The van der Waals surface area contributed by atoms with Gasteiger partial charge in [-0.15, -0.1) is 0 Å². The van der Waals surface area contributed by atoms with E-state index in [0.717, 1.165) is 77.4 Å². The summed E-state index contributed by atoms with van der Waals surface area (Å²) < 4.78 is 27.7. The molecule has 2 heterocycles. The summed E-state index contributed by atoms with van der Waals surface area (Å²) in [6.45, 7) is 31.0. The molecule has 0 saturated heterocycles. The van der Waals surface area contributed by atoms with E-state index < -0.39 is 6.85 Å². The second-order valence-corrected chi connectivity index (χ2v) is 25.0. The Hall–Kier alpha value is -5.02. The van der Waals surface area contributed by atoms with Gasteiger partial charge in [-0.1, -0.05) is 144 Å². The van der Waals surface area contributed by atoms with Crippen molar-refractivity contribution in [3.8, 4) is 11.1 Å². The van der Waals surface area contributed by atoms with Gasteiger partial charge in [0.1, 0.15) is 0 Å². The van der Waals surface area contributed by atoms with E-state index in [2.05, 4.69) is 192 Å². The Labute approximate surface area is 396 Å². The van der Waals surface area contributed by atoms with Gasteiger partial charge in [-0.3, -0.25) is 0 Å². The lowest BCUT2D eigenvalue weighted by Gasteiger charge is -2.47. The predicted octanol–water partition coefficient (Wildman–Crippen LogP) is 15.0. The van der Waals surface area contributed by atoms with Gasteiger partial charge in [0.2, 0.25) is 0 Å². The summed E-state index contributed by atoms with van der Waals surface area (Å²) in [4.78, 5) is 5.00. The van der Waals surface area contributed by atoms with Crippen LogP contribution in [0.2, 0.25) is 0 Å². The largest absolute Gasteiger partial charge is 0.311 e. The molecule has 3 heteroatoms. The number of fused-ring (bicyclic) bond motifs is 7. The van der Waals surface area contributed by atoms with Crippen molar-refractivity contribution in [1.29, 1.82) is 0 Å². The molecular weight excluding hydrogens is 784 g/mol. The summed E-state index contributed by atoms with van der Waals surface area (Å²) in [5.41, 5.74) is 23.7. The van der Waals surface area contributed by atoms with Gasteiger partial charge in [0, 0.05) is 38.2 Å². The van der Waals surface area contributed by atoms with Gasteiger partial charge in [-0.05, 0) is 199 Å². The van der Waals surface area contributed by atoms with Gasteiger partial charge in [0.05, 0.1) is 0 Å². The summed E-state index contributed by atoms with van der Waals surface area (Å²) in [5.74, 6) is 0. The first-order valence-corrected chi connectivity index (χ1v) is 24.6. The van der Waals surface area contributed by atoms with Crippen molar-refractivity contribution in [2.75, 3.05) is 9.80 Å². The van der Waals surface area contributed by atoms with E-state index in [4.69, 9.17) is 0 Å². The molecule has 0 spiro atoms. The molecule has 0 radical (unpaired) electrons. The molecule has 0 atom stereocenters. The summed E-state index contributed by atoms with van der Waals surface area (Å²) in [7, 11) is 0. The molecule has 65 heavy (non-hydrogen) atoms. The Balaban J connectivity index is 1.29. The summed E-state index contributed by atoms with van der Waals surface area (Å²) in [5, 5.41) is 0. The summed E-state index contributed by atoms with van der Waals surface area (Å²) in [6.07, 6.45) is 5.55. The SMILES string of the molecule is [2H]C([2H])([2H])c1cc2c3c(c1)N(c1cc4c(cc1C)C(C)(C)CCC4(C)C)c1cc4c(cc1B3c1ccc(-c3ccccc3)cc1N2c1cc2c(cc1C)C(C)(C)CCC2(C)C)C(C)(C)CC4(C)C. The van der Waals surface area contributed by atoms with Crippen LogP contribution in [0.4, 0.5) is 34.1 Å². The third-order valence-electron chi connectivity index (χ3n) is 17.5. The normalized spacial score (nSPS) is 21.4. The Bertz CT molecular complexity index is 3130. The predicted molar refractivity (Wildman–Crippen MR) is 281 cm³/mol. The van der Waals surface area contributed by atoms with Crippen molar-refractivity contribution < 1.29 is 4.11 Å². The minimum Gasteiger partial charge on any atom is -0.311 e. The molecule has 5 aliphatic rings. The van der Waals surface area contributed by atoms with E-state index >= 15 is 0 Å². The number of nitrogens with zero attached hydrogens (tertiary/aromatic N) is 2. The Kier molecular flexibility index (Phi) is 8.17. The lowest BCUT2D eigenvalue weighted by Crippen LogP contribution is -2.61. The zero-order valence-corrected chi connectivity index (χ0v) is 41.7. The van der Waals surface area contributed by atoms with Crippen LogP contribution < -0.4 is 26.2 Å². The molecular formula is C62H71BN2.